The normalized spacial score (nSPS) is 10.6. The van der Waals surface area contributed by atoms with E-state index in [0.29, 0.717) is 28.9 Å². The van der Waals surface area contributed by atoms with Crippen LogP contribution in [-0.4, -0.2) is 21.9 Å². The summed E-state index contributed by atoms with van der Waals surface area (Å²) in [7, 11) is 0. The van der Waals surface area contributed by atoms with E-state index < -0.39 is 0 Å². The van der Waals surface area contributed by atoms with Crippen LogP contribution in [0.4, 0.5) is 5.13 Å². The summed E-state index contributed by atoms with van der Waals surface area (Å²) in [5.41, 5.74) is 0.495. The number of hydrogen-bond donors (Lipinski definition) is 1. The first-order chi connectivity index (χ1) is 11.7. The zero-order valence-corrected chi connectivity index (χ0v) is 15.0. The molecule has 1 amide bonds. The fraction of sp³-hybridized carbons (Fsp3) is 0.235. The van der Waals surface area contributed by atoms with Crippen LogP contribution < -0.4 is 10.1 Å². The Labute approximate surface area is 148 Å². The van der Waals surface area contributed by atoms with Gasteiger partial charge in [0.2, 0.25) is 5.13 Å². The van der Waals surface area contributed by atoms with Crippen molar-refractivity contribution in [3.8, 4) is 16.5 Å². The third-order valence-electron chi connectivity index (χ3n) is 3.20. The van der Waals surface area contributed by atoms with Crippen molar-refractivity contribution in [3.05, 3.63) is 46.8 Å². The Hall–Kier alpha value is -2.25. The zero-order valence-electron chi connectivity index (χ0n) is 13.4. The number of para-hydroxylation sites is 1. The summed E-state index contributed by atoms with van der Waals surface area (Å²) in [6, 6.07) is 11.2. The van der Waals surface area contributed by atoms with Gasteiger partial charge in [-0.15, -0.1) is 11.3 Å². The van der Waals surface area contributed by atoms with Gasteiger partial charge in [-0.2, -0.15) is 9.36 Å². The summed E-state index contributed by atoms with van der Waals surface area (Å²) in [6.07, 6.45) is 0.885. The molecule has 0 aliphatic rings. The lowest BCUT2D eigenvalue weighted by Gasteiger charge is -2.09. The Morgan fingerprint density at radius 2 is 2.08 bits per heavy atom. The van der Waals surface area contributed by atoms with E-state index in [2.05, 4.69) is 14.7 Å². The minimum atomic E-state index is -0.244. The van der Waals surface area contributed by atoms with Crippen molar-refractivity contribution in [3.63, 3.8) is 0 Å². The molecule has 124 valence electrons. The van der Waals surface area contributed by atoms with Gasteiger partial charge in [-0.1, -0.05) is 19.1 Å². The number of amides is 1. The molecular weight excluding hydrogens is 342 g/mol. The van der Waals surface area contributed by atoms with Gasteiger partial charge in [-0.05, 0) is 37.6 Å². The van der Waals surface area contributed by atoms with Crippen LogP contribution in [0.25, 0.3) is 10.7 Å². The van der Waals surface area contributed by atoms with Crippen molar-refractivity contribution < 1.29 is 9.53 Å². The fourth-order valence-corrected chi connectivity index (χ4v) is 3.52. The predicted octanol–water partition coefficient (Wildman–Crippen LogP) is 4.62. The zero-order chi connectivity index (χ0) is 16.9. The van der Waals surface area contributed by atoms with Crippen LogP contribution in [0.15, 0.2) is 36.4 Å². The number of aryl methyl sites for hydroxylation is 1. The maximum absolute atomic E-state index is 12.5. The molecule has 2 aromatic heterocycles. The standard InChI is InChI=1S/C17H17N3O2S2/c1-3-10-22-13-7-5-4-6-12(13)16(21)19-17-18-15(20-24-17)14-9-8-11(2)23-14/h4-9H,3,10H2,1-2H3,(H,18,19,20,21). The molecule has 2 heterocycles. The Morgan fingerprint density at radius 3 is 2.83 bits per heavy atom. The second-order valence-electron chi connectivity index (χ2n) is 5.13. The van der Waals surface area contributed by atoms with Crippen molar-refractivity contribution in [2.75, 3.05) is 11.9 Å². The number of rotatable bonds is 6. The number of anilines is 1. The summed E-state index contributed by atoms with van der Waals surface area (Å²) < 4.78 is 9.94. The van der Waals surface area contributed by atoms with Crippen LogP contribution >= 0.6 is 22.9 Å². The van der Waals surface area contributed by atoms with Gasteiger partial charge in [-0.25, -0.2) is 0 Å². The SMILES string of the molecule is CCCOc1ccccc1C(=O)Nc1nc(-c2ccc(C)s2)ns1. The lowest BCUT2D eigenvalue weighted by molar-refractivity contribution is 0.102. The van der Waals surface area contributed by atoms with Crippen LogP contribution in [-0.2, 0) is 0 Å². The Bertz CT molecular complexity index is 842. The molecule has 0 saturated heterocycles. The van der Waals surface area contributed by atoms with Gasteiger partial charge in [0.25, 0.3) is 5.91 Å². The van der Waals surface area contributed by atoms with Gasteiger partial charge in [0, 0.05) is 16.4 Å². The fourth-order valence-electron chi connectivity index (χ4n) is 2.09. The van der Waals surface area contributed by atoms with Gasteiger partial charge in [0.1, 0.15) is 5.75 Å². The molecule has 0 spiro atoms. The lowest BCUT2D eigenvalue weighted by Crippen LogP contribution is -2.13. The number of nitrogens with zero attached hydrogens (tertiary/aromatic N) is 2. The molecular formula is C17H17N3O2S2. The molecule has 3 aromatic rings. The smallest absolute Gasteiger partial charge is 0.261 e. The summed E-state index contributed by atoms with van der Waals surface area (Å²) >= 11 is 2.80. The first kappa shape index (κ1) is 16.6. The van der Waals surface area contributed by atoms with E-state index in [1.807, 2.05) is 38.1 Å². The lowest BCUT2D eigenvalue weighted by atomic mass is 10.2. The van der Waals surface area contributed by atoms with Gasteiger partial charge in [0.05, 0.1) is 17.0 Å². The number of ether oxygens (including phenoxy) is 1. The van der Waals surface area contributed by atoms with E-state index in [0.717, 1.165) is 11.3 Å². The first-order valence-electron chi connectivity index (χ1n) is 7.61. The number of thiophene rings is 1. The van der Waals surface area contributed by atoms with Gasteiger partial charge >= 0.3 is 0 Å². The quantitative estimate of drug-likeness (QED) is 0.698. The van der Waals surface area contributed by atoms with E-state index in [4.69, 9.17) is 4.74 Å². The summed E-state index contributed by atoms with van der Waals surface area (Å²) in [6.45, 7) is 4.64. The highest BCUT2D eigenvalue weighted by Gasteiger charge is 2.15. The summed E-state index contributed by atoms with van der Waals surface area (Å²) in [4.78, 5) is 19.1. The number of carbonyl (C=O) groups is 1. The minimum absolute atomic E-state index is 0.244. The molecule has 0 radical (unpaired) electrons. The van der Waals surface area contributed by atoms with Crippen LogP contribution in [0.1, 0.15) is 28.6 Å². The number of carbonyl (C=O) groups excluding carboxylic acids is 1. The summed E-state index contributed by atoms with van der Waals surface area (Å²) in [5.74, 6) is 0.978. The molecule has 0 aliphatic carbocycles. The molecule has 1 N–H and O–H groups in total. The Balaban J connectivity index is 1.75. The van der Waals surface area contributed by atoms with E-state index in [9.17, 15) is 4.79 Å². The number of benzene rings is 1. The van der Waals surface area contributed by atoms with Crippen LogP contribution in [0.5, 0.6) is 5.75 Å². The Morgan fingerprint density at radius 1 is 1.25 bits per heavy atom. The van der Waals surface area contributed by atoms with E-state index in [1.54, 1.807) is 23.5 Å². The first-order valence-corrected chi connectivity index (χ1v) is 9.20. The number of aromatic nitrogens is 2. The third kappa shape index (κ3) is 3.80. The molecule has 0 unspecified atom stereocenters. The van der Waals surface area contributed by atoms with Crippen molar-refractivity contribution in [1.82, 2.24) is 9.36 Å². The molecule has 0 fully saturated rings. The number of nitrogens with one attached hydrogen (secondary N) is 1. The van der Waals surface area contributed by atoms with Crippen LogP contribution in [0, 0.1) is 6.92 Å². The van der Waals surface area contributed by atoms with Crippen molar-refractivity contribution in [2.45, 2.75) is 20.3 Å². The second kappa shape index (κ2) is 7.55. The average Bonchev–Trinajstić information content (AvgIpc) is 3.22. The highest BCUT2D eigenvalue weighted by Crippen LogP contribution is 2.28. The molecule has 24 heavy (non-hydrogen) atoms. The predicted molar refractivity (Wildman–Crippen MR) is 98.1 cm³/mol. The van der Waals surface area contributed by atoms with Gasteiger partial charge in [-0.3, -0.25) is 10.1 Å². The largest absolute Gasteiger partial charge is 0.493 e. The second-order valence-corrected chi connectivity index (χ2v) is 7.17. The monoisotopic (exact) mass is 359 g/mol. The highest BCUT2D eigenvalue weighted by molar-refractivity contribution is 7.15. The molecule has 5 nitrogen and oxygen atoms in total. The van der Waals surface area contributed by atoms with Crippen LogP contribution in [0.2, 0.25) is 0 Å². The topological polar surface area (TPSA) is 64.1 Å². The average molecular weight is 359 g/mol. The van der Waals surface area contributed by atoms with E-state index in [1.165, 1.54) is 16.4 Å². The summed E-state index contributed by atoms with van der Waals surface area (Å²) in [5, 5.41) is 3.28. The van der Waals surface area contributed by atoms with E-state index >= 15 is 0 Å². The Kier molecular flexibility index (Phi) is 5.22. The molecule has 7 heteroatoms. The molecule has 3 rings (SSSR count). The van der Waals surface area contributed by atoms with Gasteiger partial charge in [0.15, 0.2) is 5.82 Å². The maximum atomic E-state index is 12.5. The minimum Gasteiger partial charge on any atom is -0.493 e. The van der Waals surface area contributed by atoms with E-state index in [-0.39, 0.29) is 5.91 Å². The highest BCUT2D eigenvalue weighted by atomic mass is 32.1. The number of hydrogen-bond acceptors (Lipinski definition) is 6. The third-order valence-corrected chi connectivity index (χ3v) is 4.83. The van der Waals surface area contributed by atoms with Crippen molar-refractivity contribution in [1.29, 1.82) is 0 Å². The molecule has 0 aliphatic heterocycles. The molecule has 0 saturated carbocycles. The maximum Gasteiger partial charge on any atom is 0.261 e. The van der Waals surface area contributed by atoms with Gasteiger partial charge < -0.3 is 4.74 Å². The molecule has 0 atom stereocenters. The molecule has 0 bridgehead atoms. The van der Waals surface area contributed by atoms with Crippen LogP contribution in [0.3, 0.4) is 0 Å². The van der Waals surface area contributed by atoms with Crippen molar-refractivity contribution in [2.24, 2.45) is 0 Å². The van der Waals surface area contributed by atoms with Crippen molar-refractivity contribution >= 4 is 33.9 Å². The molecule has 1 aromatic carbocycles.